The molecule has 0 nitrogen and oxygen atoms in total. The van der Waals surface area contributed by atoms with Crippen molar-refractivity contribution in [3.63, 3.8) is 0 Å². The van der Waals surface area contributed by atoms with Gasteiger partial charge in [0.2, 0.25) is 0 Å². The molecule has 100 valence electrons. The van der Waals surface area contributed by atoms with Crippen LogP contribution in [0.15, 0.2) is 47.4 Å². The maximum atomic E-state index is 6.13. The summed E-state index contributed by atoms with van der Waals surface area (Å²) in [4.78, 5) is 1.26. The van der Waals surface area contributed by atoms with Crippen molar-refractivity contribution >= 4 is 35.0 Å². The Labute approximate surface area is 129 Å². The first-order valence-corrected chi connectivity index (χ1v) is 8.13. The van der Waals surface area contributed by atoms with E-state index in [0.717, 1.165) is 26.9 Å². The molecule has 3 heteroatoms. The quantitative estimate of drug-likeness (QED) is 0.445. The van der Waals surface area contributed by atoms with Crippen molar-refractivity contribution in [3.8, 4) is 11.1 Å². The van der Waals surface area contributed by atoms with Crippen LogP contribution in [0.2, 0.25) is 10.0 Å². The highest BCUT2D eigenvalue weighted by Gasteiger charge is 2.07. The van der Waals surface area contributed by atoms with E-state index in [2.05, 4.69) is 19.1 Å². The van der Waals surface area contributed by atoms with Crippen LogP contribution in [0.25, 0.3) is 11.1 Å². The summed E-state index contributed by atoms with van der Waals surface area (Å²) in [5.41, 5.74) is 2.28. The molecule has 0 atom stereocenters. The minimum absolute atomic E-state index is 0.752. The molecule has 2 aromatic carbocycles. The van der Waals surface area contributed by atoms with Gasteiger partial charge in [-0.15, -0.1) is 11.8 Å². The number of rotatable bonds is 5. The van der Waals surface area contributed by atoms with E-state index in [1.165, 1.54) is 17.7 Å². The van der Waals surface area contributed by atoms with Gasteiger partial charge in [-0.3, -0.25) is 0 Å². The SMILES string of the molecule is CCCCSc1ccc(Cl)cc1-c1cccc(Cl)c1. The van der Waals surface area contributed by atoms with Gasteiger partial charge in [0.15, 0.2) is 0 Å². The molecule has 0 unspecified atom stereocenters. The third kappa shape index (κ3) is 4.17. The second-order valence-corrected chi connectivity index (χ2v) is 6.36. The van der Waals surface area contributed by atoms with Crippen LogP contribution in [0.3, 0.4) is 0 Å². The predicted octanol–water partition coefficient (Wildman–Crippen LogP) is 6.55. The Morgan fingerprint density at radius 2 is 1.79 bits per heavy atom. The van der Waals surface area contributed by atoms with Gasteiger partial charge in [0.25, 0.3) is 0 Å². The second-order valence-electron chi connectivity index (χ2n) is 4.35. The van der Waals surface area contributed by atoms with Crippen LogP contribution in [0.4, 0.5) is 0 Å². The van der Waals surface area contributed by atoms with E-state index in [1.54, 1.807) is 0 Å². The molecule has 0 N–H and O–H groups in total. The molecule has 0 aromatic heterocycles. The average molecular weight is 311 g/mol. The highest BCUT2D eigenvalue weighted by molar-refractivity contribution is 7.99. The summed E-state index contributed by atoms with van der Waals surface area (Å²) in [5.74, 6) is 1.13. The summed E-state index contributed by atoms with van der Waals surface area (Å²) in [7, 11) is 0. The summed E-state index contributed by atoms with van der Waals surface area (Å²) < 4.78 is 0. The molecular weight excluding hydrogens is 295 g/mol. The predicted molar refractivity (Wildman–Crippen MR) is 87.5 cm³/mol. The number of unbranched alkanes of at least 4 members (excludes halogenated alkanes) is 1. The van der Waals surface area contributed by atoms with Crippen LogP contribution in [-0.2, 0) is 0 Å². The van der Waals surface area contributed by atoms with E-state index in [1.807, 2.05) is 42.1 Å². The smallest absolute Gasteiger partial charge is 0.0412 e. The first kappa shape index (κ1) is 14.8. The standard InChI is InChI=1S/C16H16Cl2S/c1-2-3-9-19-16-8-7-14(18)11-15(16)12-5-4-6-13(17)10-12/h4-8,10-11H,2-3,9H2,1H3. The lowest BCUT2D eigenvalue weighted by Crippen LogP contribution is -1.85. The van der Waals surface area contributed by atoms with Crippen molar-refractivity contribution in [2.45, 2.75) is 24.7 Å². The summed E-state index contributed by atoms with van der Waals surface area (Å²) >= 11 is 14.1. The van der Waals surface area contributed by atoms with Crippen molar-refractivity contribution in [1.29, 1.82) is 0 Å². The second kappa shape index (κ2) is 7.23. The van der Waals surface area contributed by atoms with Crippen molar-refractivity contribution in [1.82, 2.24) is 0 Å². The summed E-state index contributed by atoms with van der Waals surface area (Å²) in [6.45, 7) is 2.21. The zero-order valence-corrected chi connectivity index (χ0v) is 13.2. The largest absolute Gasteiger partial charge is 0.126 e. The molecule has 0 fully saturated rings. The van der Waals surface area contributed by atoms with E-state index in [-0.39, 0.29) is 0 Å². The van der Waals surface area contributed by atoms with Gasteiger partial charge in [-0.2, -0.15) is 0 Å². The Kier molecular flexibility index (Phi) is 5.62. The van der Waals surface area contributed by atoms with Crippen LogP contribution in [0.1, 0.15) is 19.8 Å². The zero-order valence-electron chi connectivity index (χ0n) is 10.8. The van der Waals surface area contributed by atoms with E-state index < -0.39 is 0 Å². The first-order chi connectivity index (χ1) is 9.20. The Morgan fingerprint density at radius 3 is 2.53 bits per heavy atom. The number of hydrogen-bond acceptors (Lipinski definition) is 1. The lowest BCUT2D eigenvalue weighted by molar-refractivity contribution is 0.896. The molecule has 0 spiro atoms. The highest BCUT2D eigenvalue weighted by atomic mass is 35.5. The van der Waals surface area contributed by atoms with E-state index in [0.29, 0.717) is 0 Å². The van der Waals surface area contributed by atoms with Crippen LogP contribution < -0.4 is 0 Å². The molecule has 0 aliphatic rings. The molecule has 0 heterocycles. The van der Waals surface area contributed by atoms with Gasteiger partial charge >= 0.3 is 0 Å². The molecule has 0 aliphatic carbocycles. The first-order valence-electron chi connectivity index (χ1n) is 6.39. The molecule has 0 bridgehead atoms. The zero-order chi connectivity index (χ0) is 13.7. The summed E-state index contributed by atoms with van der Waals surface area (Å²) in [6, 6.07) is 14.0. The minimum Gasteiger partial charge on any atom is -0.126 e. The van der Waals surface area contributed by atoms with E-state index in [4.69, 9.17) is 23.2 Å². The van der Waals surface area contributed by atoms with Gasteiger partial charge in [-0.05, 0) is 53.6 Å². The van der Waals surface area contributed by atoms with Crippen LogP contribution >= 0.6 is 35.0 Å². The fourth-order valence-electron chi connectivity index (χ4n) is 1.84. The molecule has 2 aromatic rings. The van der Waals surface area contributed by atoms with E-state index in [9.17, 15) is 0 Å². The number of thioether (sulfide) groups is 1. The number of halogens is 2. The number of hydrogen-bond donors (Lipinski definition) is 0. The van der Waals surface area contributed by atoms with Crippen LogP contribution in [0.5, 0.6) is 0 Å². The Morgan fingerprint density at radius 1 is 1.00 bits per heavy atom. The van der Waals surface area contributed by atoms with E-state index >= 15 is 0 Å². The Bertz CT molecular complexity index is 552. The summed E-state index contributed by atoms with van der Waals surface area (Å²) in [6.07, 6.45) is 2.44. The Hall–Kier alpha value is -0.630. The van der Waals surface area contributed by atoms with Gasteiger partial charge in [-0.25, -0.2) is 0 Å². The fourth-order valence-corrected chi connectivity index (χ4v) is 3.35. The van der Waals surface area contributed by atoms with Crippen molar-refractivity contribution in [2.75, 3.05) is 5.75 Å². The third-order valence-corrected chi connectivity index (χ3v) is 4.46. The number of benzene rings is 2. The minimum atomic E-state index is 0.752. The molecule has 0 saturated heterocycles. The monoisotopic (exact) mass is 310 g/mol. The third-order valence-electron chi connectivity index (χ3n) is 2.83. The normalized spacial score (nSPS) is 10.7. The maximum Gasteiger partial charge on any atom is 0.0412 e. The van der Waals surface area contributed by atoms with Crippen molar-refractivity contribution < 1.29 is 0 Å². The highest BCUT2D eigenvalue weighted by Crippen LogP contribution is 2.35. The van der Waals surface area contributed by atoms with Gasteiger partial charge in [-0.1, -0.05) is 48.7 Å². The van der Waals surface area contributed by atoms with Gasteiger partial charge < -0.3 is 0 Å². The van der Waals surface area contributed by atoms with Gasteiger partial charge in [0.1, 0.15) is 0 Å². The Balaban J connectivity index is 2.34. The van der Waals surface area contributed by atoms with Crippen molar-refractivity contribution in [2.24, 2.45) is 0 Å². The van der Waals surface area contributed by atoms with Crippen LogP contribution in [-0.4, -0.2) is 5.75 Å². The van der Waals surface area contributed by atoms with Crippen molar-refractivity contribution in [3.05, 3.63) is 52.5 Å². The molecule has 19 heavy (non-hydrogen) atoms. The molecule has 0 radical (unpaired) electrons. The topological polar surface area (TPSA) is 0 Å². The molecule has 0 amide bonds. The average Bonchev–Trinajstić information content (AvgIpc) is 2.40. The maximum absolute atomic E-state index is 6.13. The summed E-state index contributed by atoms with van der Waals surface area (Å²) in [5, 5.41) is 1.51. The molecule has 0 saturated carbocycles. The fraction of sp³-hybridized carbons (Fsp3) is 0.250. The lowest BCUT2D eigenvalue weighted by atomic mass is 10.1. The molecule has 0 aliphatic heterocycles. The molecule has 2 rings (SSSR count). The van der Waals surface area contributed by atoms with Crippen LogP contribution in [0, 0.1) is 0 Å². The van der Waals surface area contributed by atoms with Gasteiger partial charge in [0, 0.05) is 14.9 Å². The molecular formula is C16H16Cl2S. The lowest BCUT2D eigenvalue weighted by Gasteiger charge is -2.10. The van der Waals surface area contributed by atoms with Gasteiger partial charge in [0.05, 0.1) is 0 Å².